The van der Waals surface area contributed by atoms with Gasteiger partial charge < -0.3 is 52.8 Å². The first-order valence-electron chi connectivity index (χ1n) is 25.0. The van der Waals surface area contributed by atoms with Gasteiger partial charge in [-0.1, -0.05) is 184 Å². The molecule has 3 fully saturated rings. The second-order valence-corrected chi connectivity index (χ2v) is 19.0. The zero-order chi connectivity index (χ0) is 49.5. The third-order valence-corrected chi connectivity index (χ3v) is 14.2. The number of ether oxygens (including phenoxy) is 9. The number of aliphatic hydroxyl groups is 2. The first kappa shape index (κ1) is 52.3. The van der Waals surface area contributed by atoms with Crippen LogP contribution in [0.2, 0.25) is 0 Å². The highest BCUT2D eigenvalue weighted by atomic mass is 16.7. The third-order valence-electron chi connectivity index (χ3n) is 14.2. The van der Waals surface area contributed by atoms with Gasteiger partial charge in [-0.3, -0.25) is 0 Å². The van der Waals surface area contributed by atoms with Crippen LogP contribution in [0.4, 0.5) is 0 Å². The molecule has 14 heteroatoms. The highest BCUT2D eigenvalue weighted by Crippen LogP contribution is 2.41. The molecule has 2 saturated heterocycles. The molecule has 0 spiro atoms. The molecule has 8 rings (SSSR count). The summed E-state index contributed by atoms with van der Waals surface area (Å²) in [5.74, 6) is -0.328. The smallest absolute Gasteiger partial charge is 0.184 e. The van der Waals surface area contributed by atoms with Gasteiger partial charge in [0.05, 0.1) is 57.9 Å². The predicted molar refractivity (Wildman–Crippen MR) is 266 cm³/mol. The molecule has 0 bridgehead atoms. The summed E-state index contributed by atoms with van der Waals surface area (Å²) in [7, 11) is 0. The van der Waals surface area contributed by atoms with E-state index in [1.54, 1.807) is 0 Å². The van der Waals surface area contributed by atoms with Crippen molar-refractivity contribution in [1.82, 2.24) is 0 Å². The fourth-order valence-corrected chi connectivity index (χ4v) is 9.98. The SMILES string of the molecule is CCC1O[C@@H](O[C@H]2C(COCc3ccccc3)O[C@@H](OC3C(OCc4ccccc4)C(OCc4ccccc4)[C@@H](OCc4ccccc4)C(O)[C@H]3O)C(N=[N+]=[N-])[C@H]2C)C(OCc2ccccc2)[C@@H](C)[C@H]1C. The number of aliphatic hydroxyl groups excluding tert-OH is 2. The summed E-state index contributed by atoms with van der Waals surface area (Å²) in [6.07, 6.45) is -10.9. The summed E-state index contributed by atoms with van der Waals surface area (Å²) in [5, 5.41) is 28.8. The third kappa shape index (κ3) is 13.5. The molecule has 0 radical (unpaired) electrons. The lowest BCUT2D eigenvalue weighted by atomic mass is 9.82. The molecule has 0 aromatic heterocycles. The molecule has 5 aromatic carbocycles. The van der Waals surface area contributed by atoms with Crippen molar-refractivity contribution < 1.29 is 52.8 Å². The molecule has 1 saturated carbocycles. The van der Waals surface area contributed by atoms with Crippen LogP contribution in [0.3, 0.4) is 0 Å². The second-order valence-electron chi connectivity index (χ2n) is 19.0. The van der Waals surface area contributed by atoms with Gasteiger partial charge in [0.25, 0.3) is 0 Å². The Kier molecular flexibility index (Phi) is 19.2. The molecule has 2 N–H and O–H groups in total. The largest absolute Gasteiger partial charge is 0.387 e. The summed E-state index contributed by atoms with van der Waals surface area (Å²) < 4.78 is 60.8. The molecule has 71 heavy (non-hydrogen) atoms. The predicted octanol–water partition coefficient (Wildman–Crippen LogP) is 9.50. The van der Waals surface area contributed by atoms with Crippen LogP contribution >= 0.6 is 0 Å². The first-order valence-corrected chi connectivity index (χ1v) is 25.0. The molecule has 16 atom stereocenters. The van der Waals surface area contributed by atoms with Crippen LogP contribution in [0.5, 0.6) is 0 Å². The quantitative estimate of drug-likeness (QED) is 0.0385. The first-order chi connectivity index (χ1) is 34.7. The van der Waals surface area contributed by atoms with Crippen molar-refractivity contribution >= 4 is 0 Å². The molecule has 2 heterocycles. The van der Waals surface area contributed by atoms with Gasteiger partial charge in [-0.2, -0.15) is 0 Å². The van der Waals surface area contributed by atoms with Crippen LogP contribution in [0.25, 0.3) is 10.4 Å². The van der Waals surface area contributed by atoms with E-state index in [0.29, 0.717) is 6.61 Å². The number of benzene rings is 5. The van der Waals surface area contributed by atoms with Gasteiger partial charge in [0.1, 0.15) is 48.8 Å². The standard InChI is InChI=1S/C57H69N3O11/c1-5-45-37(2)38(3)51(64-32-41-23-13-7-14-24-41)57(68-45)70-50-39(4)47(59-60-58)56(69-46(50)36-63-31-40-21-11-6-12-22-40)71-53-49(62)48(61)52(65-33-42-25-15-8-16-26-42)54(66-34-43-27-17-9-18-28-43)55(53)67-35-44-29-19-10-20-30-44/h6-30,37-39,45-57,61-62H,5,31-36H2,1-4H3/t37-,38+,39-,45?,46?,47?,48?,49-,50-,51?,52+,53?,54?,55?,56+,57+/m1/s1. The van der Waals surface area contributed by atoms with E-state index >= 15 is 0 Å². The topological polar surface area (TPSA) is 172 Å². The van der Waals surface area contributed by atoms with Crippen molar-refractivity contribution in [3.63, 3.8) is 0 Å². The summed E-state index contributed by atoms with van der Waals surface area (Å²) in [6, 6.07) is 47.7. The lowest BCUT2D eigenvalue weighted by Crippen LogP contribution is -2.68. The van der Waals surface area contributed by atoms with Gasteiger partial charge in [-0.15, -0.1) is 0 Å². The van der Waals surface area contributed by atoms with Crippen molar-refractivity contribution in [3.05, 3.63) is 190 Å². The highest BCUT2D eigenvalue weighted by Gasteiger charge is 2.56. The Morgan fingerprint density at radius 2 is 0.859 bits per heavy atom. The number of rotatable bonds is 22. The molecular formula is C57H69N3O11. The van der Waals surface area contributed by atoms with E-state index in [-0.39, 0.29) is 51.0 Å². The molecule has 5 aromatic rings. The van der Waals surface area contributed by atoms with Gasteiger partial charge in [-0.05, 0) is 57.5 Å². The molecule has 8 unspecified atom stereocenters. The van der Waals surface area contributed by atoms with Crippen LogP contribution in [0, 0.1) is 17.8 Å². The summed E-state index contributed by atoms with van der Waals surface area (Å²) in [6.45, 7) is 9.47. The monoisotopic (exact) mass is 971 g/mol. The molecule has 2 aliphatic heterocycles. The maximum atomic E-state index is 12.3. The van der Waals surface area contributed by atoms with Crippen molar-refractivity contribution in [1.29, 1.82) is 0 Å². The van der Waals surface area contributed by atoms with Crippen molar-refractivity contribution in [2.75, 3.05) is 6.61 Å². The normalized spacial score (nSPS) is 31.9. The summed E-state index contributed by atoms with van der Waals surface area (Å²) in [5.41, 5.74) is 14.8. The van der Waals surface area contributed by atoms with E-state index in [1.807, 2.05) is 159 Å². The van der Waals surface area contributed by atoms with E-state index in [0.717, 1.165) is 34.2 Å². The lowest BCUT2D eigenvalue weighted by Gasteiger charge is -2.51. The Labute approximate surface area is 417 Å². The number of azide groups is 1. The Hall–Kier alpha value is -5.03. The number of hydrogen-bond donors (Lipinski definition) is 2. The fourth-order valence-electron chi connectivity index (χ4n) is 9.98. The lowest BCUT2D eigenvalue weighted by molar-refractivity contribution is -0.351. The van der Waals surface area contributed by atoms with E-state index in [1.165, 1.54) is 0 Å². The fraction of sp³-hybridized carbons (Fsp3) is 0.474. The second kappa shape index (κ2) is 26.1. The van der Waals surface area contributed by atoms with E-state index in [9.17, 15) is 15.7 Å². The van der Waals surface area contributed by atoms with E-state index in [4.69, 9.17) is 42.6 Å². The van der Waals surface area contributed by atoms with Crippen LogP contribution in [-0.4, -0.2) is 96.5 Å². The Balaban J connectivity index is 1.11. The van der Waals surface area contributed by atoms with Gasteiger partial charge in [-0.25, -0.2) is 0 Å². The van der Waals surface area contributed by atoms with Gasteiger partial charge >= 0.3 is 0 Å². The van der Waals surface area contributed by atoms with Gasteiger partial charge in [0.2, 0.25) is 0 Å². The van der Waals surface area contributed by atoms with Crippen LogP contribution in [0.15, 0.2) is 157 Å². The average Bonchev–Trinajstić information content (AvgIpc) is 3.40. The van der Waals surface area contributed by atoms with Crippen molar-refractivity contribution in [3.8, 4) is 0 Å². The zero-order valence-electron chi connectivity index (χ0n) is 41.0. The Morgan fingerprint density at radius 1 is 0.465 bits per heavy atom. The minimum Gasteiger partial charge on any atom is -0.387 e. The van der Waals surface area contributed by atoms with Crippen LogP contribution in [-0.2, 0) is 75.7 Å². The Morgan fingerprint density at radius 3 is 1.32 bits per heavy atom. The maximum absolute atomic E-state index is 12.3. The van der Waals surface area contributed by atoms with Crippen LogP contribution < -0.4 is 0 Å². The number of nitrogens with zero attached hydrogens (tertiary/aromatic N) is 3. The van der Waals surface area contributed by atoms with Crippen molar-refractivity contribution in [2.45, 2.75) is 147 Å². The van der Waals surface area contributed by atoms with Crippen molar-refractivity contribution in [2.24, 2.45) is 22.9 Å². The molecular weight excluding hydrogens is 903 g/mol. The molecule has 378 valence electrons. The molecule has 3 aliphatic rings. The zero-order valence-corrected chi connectivity index (χ0v) is 41.0. The molecule has 0 amide bonds. The minimum absolute atomic E-state index is 0.0557. The van der Waals surface area contributed by atoms with Gasteiger partial charge in [0.15, 0.2) is 12.6 Å². The van der Waals surface area contributed by atoms with Gasteiger partial charge in [0, 0.05) is 4.91 Å². The maximum Gasteiger partial charge on any atom is 0.184 e. The molecule has 14 nitrogen and oxygen atoms in total. The average molecular weight is 972 g/mol. The number of hydrogen-bond acceptors (Lipinski definition) is 12. The van der Waals surface area contributed by atoms with E-state index in [2.05, 4.69) is 30.8 Å². The summed E-state index contributed by atoms with van der Waals surface area (Å²) in [4.78, 5) is 3.29. The van der Waals surface area contributed by atoms with E-state index < -0.39 is 79.5 Å². The molecule has 1 aliphatic carbocycles. The minimum atomic E-state index is -1.58. The highest BCUT2D eigenvalue weighted by molar-refractivity contribution is 5.18. The van der Waals surface area contributed by atoms with Crippen LogP contribution in [0.1, 0.15) is 61.9 Å². The summed E-state index contributed by atoms with van der Waals surface area (Å²) >= 11 is 0. The Bertz CT molecular complexity index is 2350.